The van der Waals surface area contributed by atoms with Crippen molar-refractivity contribution in [1.82, 2.24) is 10.6 Å². The lowest BCUT2D eigenvalue weighted by molar-refractivity contribution is -0.132. The fourth-order valence-corrected chi connectivity index (χ4v) is 2.19. The average molecular weight is 283 g/mol. The number of carbonyl (C=O) groups is 2. The first-order valence-corrected chi connectivity index (χ1v) is 6.17. The number of piperazine rings is 1. The molecule has 0 aliphatic carbocycles. The van der Waals surface area contributed by atoms with Crippen molar-refractivity contribution in [3.8, 4) is 0 Å². The van der Waals surface area contributed by atoms with Crippen molar-refractivity contribution in [3.05, 3.63) is 29.3 Å². The van der Waals surface area contributed by atoms with Crippen molar-refractivity contribution in [2.45, 2.75) is 19.5 Å². The molecule has 0 spiro atoms. The van der Waals surface area contributed by atoms with Gasteiger partial charge in [0, 0.05) is 6.54 Å². The van der Waals surface area contributed by atoms with Crippen LogP contribution in [0.2, 0.25) is 0 Å². The van der Waals surface area contributed by atoms with Gasteiger partial charge in [-0.05, 0) is 31.7 Å². The predicted octanol–water partition coefficient (Wildman–Crippen LogP) is 0.535. The van der Waals surface area contributed by atoms with Crippen LogP contribution in [0.3, 0.4) is 0 Å². The largest absolute Gasteiger partial charge is 0.346 e. The zero-order valence-electron chi connectivity index (χ0n) is 11.2. The van der Waals surface area contributed by atoms with Gasteiger partial charge >= 0.3 is 0 Å². The van der Waals surface area contributed by atoms with Gasteiger partial charge in [-0.25, -0.2) is 8.78 Å². The maximum absolute atomic E-state index is 14.1. The summed E-state index contributed by atoms with van der Waals surface area (Å²) in [7, 11) is 1.67. The quantitative estimate of drug-likeness (QED) is 0.795. The second kappa shape index (κ2) is 5.54. The van der Waals surface area contributed by atoms with Crippen molar-refractivity contribution in [2.75, 3.05) is 18.5 Å². The van der Waals surface area contributed by atoms with Crippen LogP contribution >= 0.6 is 0 Å². The van der Waals surface area contributed by atoms with Crippen LogP contribution < -0.4 is 15.5 Å². The van der Waals surface area contributed by atoms with E-state index in [0.29, 0.717) is 12.1 Å². The zero-order valence-corrected chi connectivity index (χ0v) is 11.2. The van der Waals surface area contributed by atoms with Gasteiger partial charge in [0.15, 0.2) is 0 Å². The molecule has 1 atom stereocenters. The van der Waals surface area contributed by atoms with E-state index in [9.17, 15) is 18.4 Å². The smallest absolute Gasteiger partial charge is 0.249 e. The highest BCUT2D eigenvalue weighted by Crippen LogP contribution is 2.27. The van der Waals surface area contributed by atoms with Gasteiger partial charge in [0.25, 0.3) is 0 Å². The Hall–Kier alpha value is -2.02. The van der Waals surface area contributed by atoms with Gasteiger partial charge in [0.2, 0.25) is 11.8 Å². The van der Waals surface area contributed by atoms with Gasteiger partial charge in [0.05, 0.1) is 6.54 Å². The van der Waals surface area contributed by atoms with Crippen LogP contribution in [0.15, 0.2) is 12.1 Å². The molecule has 2 N–H and O–H groups in total. The fraction of sp³-hybridized carbons (Fsp3) is 0.385. The molecule has 1 aliphatic heterocycles. The van der Waals surface area contributed by atoms with E-state index >= 15 is 0 Å². The Balaban J connectivity index is 2.41. The summed E-state index contributed by atoms with van der Waals surface area (Å²) >= 11 is 0. The summed E-state index contributed by atoms with van der Waals surface area (Å²) in [6.07, 6.45) is 0. The summed E-state index contributed by atoms with van der Waals surface area (Å²) in [4.78, 5) is 24.1. The van der Waals surface area contributed by atoms with E-state index in [1.54, 1.807) is 7.05 Å². The van der Waals surface area contributed by atoms with Crippen molar-refractivity contribution >= 4 is 17.5 Å². The number of imide groups is 1. The van der Waals surface area contributed by atoms with Gasteiger partial charge < -0.3 is 10.2 Å². The standard InChI is InChI=1S/C13H15F2N3O2/c1-7-13(20)17-11(19)6-18(7)12-9(14)3-8(5-16-2)4-10(12)15/h3-4,7,16H,5-6H2,1-2H3,(H,17,19,20). The van der Waals surface area contributed by atoms with Gasteiger partial charge in [-0.2, -0.15) is 0 Å². The van der Waals surface area contributed by atoms with Crippen LogP contribution in [0.25, 0.3) is 0 Å². The molecule has 0 radical (unpaired) electrons. The Kier molecular flexibility index (Phi) is 3.99. The third-order valence-electron chi connectivity index (χ3n) is 3.17. The molecule has 5 nitrogen and oxygen atoms in total. The summed E-state index contributed by atoms with van der Waals surface area (Å²) in [5, 5.41) is 4.92. The Morgan fingerprint density at radius 2 is 1.95 bits per heavy atom. The van der Waals surface area contributed by atoms with Crippen molar-refractivity contribution < 1.29 is 18.4 Å². The minimum Gasteiger partial charge on any atom is -0.346 e. The van der Waals surface area contributed by atoms with E-state index in [-0.39, 0.29) is 12.2 Å². The molecule has 20 heavy (non-hydrogen) atoms. The monoisotopic (exact) mass is 283 g/mol. The van der Waals surface area contributed by atoms with Crippen LogP contribution in [-0.4, -0.2) is 31.4 Å². The molecule has 1 aromatic rings. The molecular formula is C13H15F2N3O2. The Morgan fingerprint density at radius 1 is 1.35 bits per heavy atom. The molecule has 1 aliphatic rings. The van der Waals surface area contributed by atoms with Crippen LogP contribution in [0.5, 0.6) is 0 Å². The highest BCUT2D eigenvalue weighted by Gasteiger charge is 2.33. The topological polar surface area (TPSA) is 61.4 Å². The highest BCUT2D eigenvalue weighted by atomic mass is 19.1. The highest BCUT2D eigenvalue weighted by molar-refractivity contribution is 6.04. The molecule has 7 heteroatoms. The molecule has 0 aromatic heterocycles. The molecule has 1 aromatic carbocycles. The maximum atomic E-state index is 14.1. The molecule has 0 saturated carbocycles. The molecule has 2 rings (SSSR count). The second-order valence-electron chi connectivity index (χ2n) is 4.65. The van der Waals surface area contributed by atoms with E-state index < -0.39 is 29.5 Å². The van der Waals surface area contributed by atoms with Crippen LogP contribution in [0.4, 0.5) is 14.5 Å². The van der Waals surface area contributed by atoms with Gasteiger partial charge in [-0.3, -0.25) is 14.9 Å². The molecule has 1 saturated heterocycles. The van der Waals surface area contributed by atoms with E-state index in [1.807, 2.05) is 0 Å². The third-order valence-corrected chi connectivity index (χ3v) is 3.17. The lowest BCUT2D eigenvalue weighted by Gasteiger charge is -2.33. The first kappa shape index (κ1) is 14.4. The number of nitrogens with one attached hydrogen (secondary N) is 2. The number of rotatable bonds is 3. The number of hydrogen-bond donors (Lipinski definition) is 2. The fourth-order valence-electron chi connectivity index (χ4n) is 2.19. The Labute approximate surface area is 114 Å². The maximum Gasteiger partial charge on any atom is 0.249 e. The lowest BCUT2D eigenvalue weighted by atomic mass is 10.1. The molecule has 1 fully saturated rings. The summed E-state index contributed by atoms with van der Waals surface area (Å²) in [5.74, 6) is -2.72. The molecule has 1 unspecified atom stereocenters. The van der Waals surface area contributed by atoms with Crippen molar-refractivity contribution in [3.63, 3.8) is 0 Å². The van der Waals surface area contributed by atoms with Crippen LogP contribution in [-0.2, 0) is 16.1 Å². The third kappa shape index (κ3) is 2.62. The number of benzene rings is 1. The van der Waals surface area contributed by atoms with Gasteiger partial charge in [0.1, 0.15) is 23.4 Å². The number of hydrogen-bond acceptors (Lipinski definition) is 4. The normalized spacial score (nSPS) is 19.2. The predicted molar refractivity (Wildman–Crippen MR) is 69.1 cm³/mol. The summed E-state index contributed by atoms with van der Waals surface area (Å²) in [6.45, 7) is 1.55. The first-order chi connectivity index (χ1) is 9.43. The average Bonchev–Trinajstić information content (AvgIpc) is 2.34. The minimum absolute atomic E-state index is 0.258. The summed E-state index contributed by atoms with van der Waals surface area (Å²) in [6, 6.07) is 1.57. The second-order valence-corrected chi connectivity index (χ2v) is 4.65. The molecular weight excluding hydrogens is 268 g/mol. The lowest BCUT2D eigenvalue weighted by Crippen LogP contribution is -2.57. The van der Waals surface area contributed by atoms with E-state index in [0.717, 1.165) is 4.90 Å². The molecule has 108 valence electrons. The zero-order chi connectivity index (χ0) is 14.9. The summed E-state index contributed by atoms with van der Waals surface area (Å²) < 4.78 is 28.2. The number of amides is 2. The number of carbonyl (C=O) groups excluding carboxylic acids is 2. The van der Waals surface area contributed by atoms with Crippen molar-refractivity contribution in [1.29, 1.82) is 0 Å². The molecule has 1 heterocycles. The SMILES string of the molecule is CNCc1cc(F)c(N2CC(=O)NC(=O)C2C)c(F)c1. The Bertz CT molecular complexity index is 540. The van der Waals surface area contributed by atoms with Crippen LogP contribution in [0, 0.1) is 11.6 Å². The number of halogens is 2. The van der Waals surface area contributed by atoms with E-state index in [1.165, 1.54) is 19.1 Å². The van der Waals surface area contributed by atoms with E-state index in [2.05, 4.69) is 10.6 Å². The summed E-state index contributed by atoms with van der Waals surface area (Å²) in [5.41, 5.74) is 0.104. The number of nitrogens with zero attached hydrogens (tertiary/aromatic N) is 1. The van der Waals surface area contributed by atoms with Gasteiger partial charge in [-0.15, -0.1) is 0 Å². The molecule has 0 bridgehead atoms. The first-order valence-electron chi connectivity index (χ1n) is 6.17. The van der Waals surface area contributed by atoms with E-state index in [4.69, 9.17) is 0 Å². The Morgan fingerprint density at radius 3 is 2.50 bits per heavy atom. The minimum atomic E-state index is -0.813. The van der Waals surface area contributed by atoms with Gasteiger partial charge in [-0.1, -0.05) is 0 Å². The van der Waals surface area contributed by atoms with Crippen molar-refractivity contribution in [2.24, 2.45) is 0 Å². The number of anilines is 1. The molecule has 2 amide bonds. The van der Waals surface area contributed by atoms with Crippen LogP contribution in [0.1, 0.15) is 12.5 Å².